The SMILES string of the molecule is C=CCCC(NC(=O)OCC1c2ccccc2-c2ccccc21)C(=O)OCC(CCCCNC(=O)OCc1ccccc1)NC(=O)C(CC=C)CC(=O)N1Cc2ccccc2CC1CO. The molecule has 13 heteroatoms. The van der Waals surface area contributed by atoms with Crippen LogP contribution in [0.15, 0.2) is 128 Å². The van der Waals surface area contributed by atoms with Crippen molar-refractivity contribution in [2.75, 3.05) is 26.4 Å². The van der Waals surface area contributed by atoms with Crippen molar-refractivity contribution in [1.82, 2.24) is 20.9 Å². The van der Waals surface area contributed by atoms with Crippen molar-refractivity contribution in [3.05, 3.63) is 156 Å². The number of fused-ring (bicyclic) bond motifs is 4. The number of allylic oxidation sites excluding steroid dienone is 2. The van der Waals surface area contributed by atoms with E-state index in [1.807, 2.05) is 103 Å². The maximum absolute atomic E-state index is 14.0. The lowest BCUT2D eigenvalue weighted by molar-refractivity contribution is -0.147. The van der Waals surface area contributed by atoms with E-state index >= 15 is 0 Å². The van der Waals surface area contributed by atoms with E-state index in [1.165, 1.54) is 0 Å². The molecule has 4 N–H and O–H groups in total. The zero-order chi connectivity index (χ0) is 46.0. The number of esters is 1. The number of amides is 4. The fourth-order valence-corrected chi connectivity index (χ4v) is 8.45. The second-order valence-electron chi connectivity index (χ2n) is 16.5. The van der Waals surface area contributed by atoms with Gasteiger partial charge in [0.05, 0.1) is 24.6 Å². The molecule has 0 fully saturated rings. The second-order valence-corrected chi connectivity index (χ2v) is 16.5. The number of aliphatic hydroxyl groups excluding tert-OH is 1. The number of hydrogen-bond acceptors (Lipinski definition) is 9. The fraction of sp³-hybridized carbons (Fsp3) is 0.365. The van der Waals surface area contributed by atoms with Crippen molar-refractivity contribution >= 4 is 30.0 Å². The van der Waals surface area contributed by atoms with Crippen molar-refractivity contribution < 1.29 is 43.3 Å². The van der Waals surface area contributed by atoms with Crippen LogP contribution in [0, 0.1) is 5.92 Å². The van der Waals surface area contributed by atoms with Crippen LogP contribution >= 0.6 is 0 Å². The Labute approximate surface area is 381 Å². The number of carbonyl (C=O) groups is 5. The van der Waals surface area contributed by atoms with E-state index in [0.717, 1.165) is 38.9 Å². The average molecular weight is 885 g/mol. The summed E-state index contributed by atoms with van der Waals surface area (Å²) in [6, 6.07) is 31.0. The monoisotopic (exact) mass is 884 g/mol. The van der Waals surface area contributed by atoms with Gasteiger partial charge < -0.3 is 40.2 Å². The highest BCUT2D eigenvalue weighted by Gasteiger charge is 2.34. The van der Waals surface area contributed by atoms with Gasteiger partial charge in [0.2, 0.25) is 11.8 Å². The Morgan fingerprint density at radius 3 is 2.12 bits per heavy atom. The minimum absolute atomic E-state index is 0.0664. The minimum Gasteiger partial charge on any atom is -0.462 e. The Morgan fingerprint density at radius 1 is 0.754 bits per heavy atom. The molecule has 1 heterocycles. The summed E-state index contributed by atoms with van der Waals surface area (Å²) < 4.78 is 16.9. The van der Waals surface area contributed by atoms with Gasteiger partial charge in [0.15, 0.2) is 0 Å². The minimum atomic E-state index is -1.06. The zero-order valence-electron chi connectivity index (χ0n) is 36.8. The first-order chi connectivity index (χ1) is 31.7. The summed E-state index contributed by atoms with van der Waals surface area (Å²) in [7, 11) is 0. The zero-order valence-corrected chi connectivity index (χ0v) is 36.8. The summed E-state index contributed by atoms with van der Waals surface area (Å²) in [5, 5.41) is 18.6. The first-order valence-corrected chi connectivity index (χ1v) is 22.4. The molecule has 65 heavy (non-hydrogen) atoms. The third-order valence-electron chi connectivity index (χ3n) is 11.9. The number of nitrogens with zero attached hydrogens (tertiary/aromatic N) is 1. The summed E-state index contributed by atoms with van der Waals surface area (Å²) in [6.45, 7) is 7.99. The number of rotatable bonds is 23. The summed E-state index contributed by atoms with van der Waals surface area (Å²) in [5.74, 6) is -2.34. The largest absolute Gasteiger partial charge is 0.462 e. The number of ether oxygens (including phenoxy) is 3. The number of hydrogen-bond donors (Lipinski definition) is 4. The van der Waals surface area contributed by atoms with Crippen molar-refractivity contribution in [2.24, 2.45) is 5.92 Å². The molecular weight excluding hydrogens is 825 g/mol. The summed E-state index contributed by atoms with van der Waals surface area (Å²) in [6.07, 6.45) is 4.52. The van der Waals surface area contributed by atoms with Crippen LogP contribution in [0.5, 0.6) is 0 Å². The van der Waals surface area contributed by atoms with Crippen molar-refractivity contribution in [1.29, 1.82) is 0 Å². The molecule has 342 valence electrons. The van der Waals surface area contributed by atoms with Gasteiger partial charge in [0.25, 0.3) is 0 Å². The van der Waals surface area contributed by atoms with Crippen LogP contribution in [0.4, 0.5) is 9.59 Å². The van der Waals surface area contributed by atoms with Crippen LogP contribution < -0.4 is 16.0 Å². The fourth-order valence-electron chi connectivity index (χ4n) is 8.45. The number of benzene rings is 4. The number of carbonyl (C=O) groups excluding carboxylic acids is 5. The third-order valence-corrected chi connectivity index (χ3v) is 11.9. The molecule has 4 unspecified atom stereocenters. The first kappa shape index (κ1) is 47.7. The lowest BCUT2D eigenvalue weighted by atomic mass is 9.92. The van der Waals surface area contributed by atoms with E-state index in [2.05, 4.69) is 29.1 Å². The molecular formula is C52H60N4O9. The van der Waals surface area contributed by atoms with E-state index in [-0.39, 0.29) is 57.5 Å². The number of aliphatic hydroxyl groups is 1. The summed E-state index contributed by atoms with van der Waals surface area (Å²) in [5.41, 5.74) is 7.24. The standard InChI is InChI=1S/C52H60N4O9/c1-3-5-27-47(55-52(62)65-35-46-44-25-13-11-23-42(44)43-24-12-14-26-45(43)46)50(60)63-34-40(22-15-16-28-53-51(61)64-33-36-18-7-6-8-19-36)54-49(59)38(17-4-2)30-48(58)56-31-39-21-10-9-20-37(39)29-41(56)32-57/h3-4,6-14,18-21,23-26,38,40-41,46-47,57H,1-2,5,15-17,22,27-35H2,(H,53,61)(H,54,59)(H,55,62). The highest BCUT2D eigenvalue weighted by Crippen LogP contribution is 2.44. The van der Waals surface area contributed by atoms with Crippen molar-refractivity contribution in [3.63, 3.8) is 0 Å². The summed E-state index contributed by atoms with van der Waals surface area (Å²) in [4.78, 5) is 68.8. The number of nitrogens with one attached hydrogen (secondary N) is 3. The van der Waals surface area contributed by atoms with Crippen molar-refractivity contribution in [3.8, 4) is 11.1 Å². The van der Waals surface area contributed by atoms with E-state index in [0.29, 0.717) is 45.2 Å². The molecule has 4 atom stereocenters. The van der Waals surface area contributed by atoms with Crippen LogP contribution in [0.3, 0.4) is 0 Å². The molecule has 1 aliphatic carbocycles. The Kier molecular flexibility index (Phi) is 17.9. The van der Waals surface area contributed by atoms with Gasteiger partial charge in [0, 0.05) is 25.4 Å². The predicted octanol–water partition coefficient (Wildman–Crippen LogP) is 7.51. The van der Waals surface area contributed by atoms with Crippen LogP contribution in [-0.2, 0) is 48.2 Å². The molecule has 0 aromatic heterocycles. The Bertz CT molecular complexity index is 2220. The molecule has 0 saturated carbocycles. The number of alkyl carbamates (subject to hydrolysis) is 2. The van der Waals surface area contributed by atoms with E-state index < -0.39 is 48.1 Å². The van der Waals surface area contributed by atoms with Gasteiger partial charge in [-0.15, -0.1) is 13.2 Å². The van der Waals surface area contributed by atoms with Crippen molar-refractivity contribution in [2.45, 2.75) is 88.6 Å². The molecule has 1 aliphatic heterocycles. The second kappa shape index (κ2) is 24.4. The van der Waals surface area contributed by atoms with Crippen LogP contribution in [-0.4, -0.2) is 84.5 Å². The highest BCUT2D eigenvalue weighted by molar-refractivity contribution is 5.87. The van der Waals surface area contributed by atoms with Gasteiger partial charge in [-0.05, 0) is 83.9 Å². The first-order valence-electron chi connectivity index (χ1n) is 22.4. The van der Waals surface area contributed by atoms with E-state index in [1.54, 1.807) is 17.1 Å². The smallest absolute Gasteiger partial charge is 0.407 e. The average Bonchev–Trinajstić information content (AvgIpc) is 3.65. The lowest BCUT2D eigenvalue weighted by Crippen LogP contribution is -2.48. The molecule has 4 amide bonds. The number of unbranched alkanes of at least 4 members (excludes halogenated alkanes) is 1. The quantitative estimate of drug-likeness (QED) is 0.0255. The predicted molar refractivity (Wildman–Crippen MR) is 247 cm³/mol. The van der Waals surface area contributed by atoms with Gasteiger partial charge in [-0.2, -0.15) is 0 Å². The van der Waals surface area contributed by atoms with Gasteiger partial charge in [-0.1, -0.05) is 115 Å². The Morgan fingerprint density at radius 2 is 1.43 bits per heavy atom. The van der Waals surface area contributed by atoms with Gasteiger partial charge in [0.1, 0.15) is 25.9 Å². The molecule has 0 spiro atoms. The highest BCUT2D eigenvalue weighted by atomic mass is 16.6. The maximum atomic E-state index is 14.0. The van der Waals surface area contributed by atoms with Gasteiger partial charge in [-0.3, -0.25) is 9.59 Å². The van der Waals surface area contributed by atoms with Crippen LogP contribution in [0.25, 0.3) is 11.1 Å². The topological polar surface area (TPSA) is 173 Å². The molecule has 4 aromatic rings. The molecule has 0 saturated heterocycles. The maximum Gasteiger partial charge on any atom is 0.407 e. The van der Waals surface area contributed by atoms with Crippen LogP contribution in [0.2, 0.25) is 0 Å². The molecule has 13 nitrogen and oxygen atoms in total. The normalized spacial score (nSPS) is 15.2. The molecule has 2 aliphatic rings. The Hall–Kier alpha value is -6.73. The summed E-state index contributed by atoms with van der Waals surface area (Å²) >= 11 is 0. The van der Waals surface area contributed by atoms with Crippen LogP contribution in [0.1, 0.15) is 78.7 Å². The lowest BCUT2D eigenvalue weighted by Gasteiger charge is -2.36. The van der Waals surface area contributed by atoms with Gasteiger partial charge >= 0.3 is 18.2 Å². The molecule has 6 rings (SSSR count). The molecule has 0 bridgehead atoms. The van der Waals surface area contributed by atoms with E-state index in [9.17, 15) is 29.1 Å². The van der Waals surface area contributed by atoms with E-state index in [4.69, 9.17) is 14.2 Å². The van der Waals surface area contributed by atoms with Gasteiger partial charge in [-0.25, -0.2) is 14.4 Å². The molecule has 0 radical (unpaired) electrons. The third kappa shape index (κ3) is 13.4. The molecule has 4 aromatic carbocycles. The Balaban J connectivity index is 1.07.